The van der Waals surface area contributed by atoms with E-state index < -0.39 is 0 Å². The molecule has 0 bridgehead atoms. The number of halogens is 1. The summed E-state index contributed by atoms with van der Waals surface area (Å²) in [5.74, 6) is 0.662. The van der Waals surface area contributed by atoms with Crippen LogP contribution in [-0.2, 0) is 10.3 Å². The maximum atomic E-state index is 5.70. The molecule has 2 rings (SSSR count). The lowest BCUT2D eigenvalue weighted by molar-refractivity contribution is 0.302. The van der Waals surface area contributed by atoms with Crippen LogP contribution >= 0.6 is 11.6 Å². The summed E-state index contributed by atoms with van der Waals surface area (Å²) in [6.45, 7) is 0.823. The highest BCUT2D eigenvalue weighted by molar-refractivity contribution is 6.17. The number of ether oxygens (including phenoxy) is 1. The van der Waals surface area contributed by atoms with Crippen LogP contribution in [0.2, 0.25) is 0 Å². The Hall–Kier alpha value is -0.530. The van der Waals surface area contributed by atoms with E-state index in [-0.39, 0.29) is 5.60 Å². The van der Waals surface area contributed by atoms with Crippen LogP contribution in [0.3, 0.4) is 0 Å². The van der Waals surface area contributed by atoms with Gasteiger partial charge in [-0.1, -0.05) is 30.3 Å². The average Bonchev–Trinajstić information content (AvgIpc) is 2.88. The molecule has 1 fully saturated rings. The summed E-state index contributed by atoms with van der Waals surface area (Å²) in [5, 5.41) is 0. The van der Waals surface area contributed by atoms with E-state index in [4.69, 9.17) is 16.3 Å². The van der Waals surface area contributed by atoms with E-state index in [1.807, 2.05) is 18.2 Å². The first-order chi connectivity index (χ1) is 5.87. The van der Waals surface area contributed by atoms with Gasteiger partial charge in [0.2, 0.25) is 0 Å². The second-order valence-electron chi connectivity index (χ2n) is 3.09. The van der Waals surface area contributed by atoms with Gasteiger partial charge in [-0.15, -0.1) is 11.6 Å². The van der Waals surface area contributed by atoms with Crippen LogP contribution in [0, 0.1) is 0 Å². The van der Waals surface area contributed by atoms with Crippen molar-refractivity contribution in [2.75, 3.05) is 12.5 Å². The van der Waals surface area contributed by atoms with Gasteiger partial charge in [-0.05, 0) is 12.0 Å². The Morgan fingerprint density at radius 3 is 2.50 bits per heavy atom. The molecular formula is C10H11ClO. The molecule has 64 valence electrons. The molecule has 0 N–H and O–H groups in total. The van der Waals surface area contributed by atoms with E-state index in [0.717, 1.165) is 13.0 Å². The fourth-order valence-corrected chi connectivity index (χ4v) is 1.74. The molecule has 1 saturated heterocycles. The van der Waals surface area contributed by atoms with Gasteiger partial charge < -0.3 is 4.74 Å². The van der Waals surface area contributed by atoms with Crippen molar-refractivity contribution in [3.05, 3.63) is 35.9 Å². The van der Waals surface area contributed by atoms with Crippen molar-refractivity contribution in [3.63, 3.8) is 0 Å². The van der Waals surface area contributed by atoms with Crippen molar-refractivity contribution in [2.24, 2.45) is 0 Å². The number of epoxide rings is 1. The molecular weight excluding hydrogens is 172 g/mol. The lowest BCUT2D eigenvalue weighted by atomic mass is 9.98. The standard InChI is InChI=1S/C10H11ClO/c11-7-6-10(8-12-10)9-4-2-1-3-5-9/h1-5H,6-8H2. The van der Waals surface area contributed by atoms with Crippen LogP contribution in [0.1, 0.15) is 12.0 Å². The van der Waals surface area contributed by atoms with Crippen molar-refractivity contribution in [1.29, 1.82) is 0 Å². The van der Waals surface area contributed by atoms with Gasteiger partial charge in [0.25, 0.3) is 0 Å². The van der Waals surface area contributed by atoms with E-state index in [0.29, 0.717) is 5.88 Å². The van der Waals surface area contributed by atoms with Gasteiger partial charge in [0, 0.05) is 5.88 Å². The molecule has 1 nitrogen and oxygen atoms in total. The predicted molar refractivity (Wildman–Crippen MR) is 49.4 cm³/mol. The molecule has 12 heavy (non-hydrogen) atoms. The molecule has 0 radical (unpaired) electrons. The van der Waals surface area contributed by atoms with Crippen LogP contribution < -0.4 is 0 Å². The third kappa shape index (κ3) is 1.35. The molecule has 1 aromatic rings. The van der Waals surface area contributed by atoms with Gasteiger partial charge in [-0.25, -0.2) is 0 Å². The summed E-state index contributed by atoms with van der Waals surface area (Å²) in [5.41, 5.74) is 1.22. The minimum Gasteiger partial charge on any atom is -0.364 e. The first-order valence-electron chi connectivity index (χ1n) is 4.13. The topological polar surface area (TPSA) is 12.5 Å². The molecule has 0 aliphatic carbocycles. The predicted octanol–water partition coefficient (Wildman–Crippen LogP) is 2.54. The van der Waals surface area contributed by atoms with Gasteiger partial charge in [0.1, 0.15) is 5.60 Å². The smallest absolute Gasteiger partial charge is 0.118 e. The van der Waals surface area contributed by atoms with E-state index in [2.05, 4.69) is 12.1 Å². The maximum absolute atomic E-state index is 5.70. The average molecular weight is 183 g/mol. The van der Waals surface area contributed by atoms with Crippen molar-refractivity contribution in [3.8, 4) is 0 Å². The van der Waals surface area contributed by atoms with Gasteiger partial charge in [0.05, 0.1) is 6.61 Å². The summed E-state index contributed by atoms with van der Waals surface area (Å²) < 4.78 is 5.44. The van der Waals surface area contributed by atoms with Gasteiger partial charge in [-0.2, -0.15) is 0 Å². The van der Waals surface area contributed by atoms with Gasteiger partial charge in [0.15, 0.2) is 0 Å². The van der Waals surface area contributed by atoms with Crippen LogP contribution in [0.15, 0.2) is 30.3 Å². The zero-order chi connectivity index (χ0) is 8.44. The number of rotatable bonds is 3. The lowest BCUT2D eigenvalue weighted by Crippen LogP contribution is -2.08. The Balaban J connectivity index is 2.19. The third-order valence-corrected chi connectivity index (χ3v) is 2.48. The van der Waals surface area contributed by atoms with Crippen LogP contribution in [-0.4, -0.2) is 12.5 Å². The van der Waals surface area contributed by atoms with E-state index in [1.54, 1.807) is 0 Å². The molecule has 0 aromatic heterocycles. The fraction of sp³-hybridized carbons (Fsp3) is 0.400. The second kappa shape index (κ2) is 3.08. The first-order valence-corrected chi connectivity index (χ1v) is 4.66. The van der Waals surface area contributed by atoms with Crippen LogP contribution in [0.4, 0.5) is 0 Å². The monoisotopic (exact) mass is 182 g/mol. The normalized spacial score (nSPS) is 27.1. The van der Waals surface area contributed by atoms with Crippen LogP contribution in [0.25, 0.3) is 0 Å². The van der Waals surface area contributed by atoms with Crippen molar-refractivity contribution < 1.29 is 4.74 Å². The van der Waals surface area contributed by atoms with E-state index in [9.17, 15) is 0 Å². The molecule has 0 amide bonds. The van der Waals surface area contributed by atoms with Crippen molar-refractivity contribution in [1.82, 2.24) is 0 Å². The van der Waals surface area contributed by atoms with E-state index in [1.165, 1.54) is 5.56 Å². The quantitative estimate of drug-likeness (QED) is 0.517. The summed E-state index contributed by atoms with van der Waals surface area (Å²) in [4.78, 5) is 0. The molecule has 1 aromatic carbocycles. The zero-order valence-electron chi connectivity index (χ0n) is 6.79. The molecule has 1 aliphatic heterocycles. The minimum atomic E-state index is -0.0387. The molecule has 1 aliphatic rings. The lowest BCUT2D eigenvalue weighted by Gasteiger charge is -2.09. The molecule has 1 unspecified atom stereocenters. The zero-order valence-corrected chi connectivity index (χ0v) is 7.55. The van der Waals surface area contributed by atoms with Crippen molar-refractivity contribution in [2.45, 2.75) is 12.0 Å². The summed E-state index contributed by atoms with van der Waals surface area (Å²) in [7, 11) is 0. The second-order valence-corrected chi connectivity index (χ2v) is 3.47. The number of hydrogen-bond donors (Lipinski definition) is 0. The Bertz CT molecular complexity index is 254. The van der Waals surface area contributed by atoms with Crippen molar-refractivity contribution >= 4 is 11.6 Å². The molecule has 0 saturated carbocycles. The first kappa shape index (κ1) is 8.09. The number of alkyl halides is 1. The Labute approximate surface area is 77.3 Å². The van der Waals surface area contributed by atoms with Crippen LogP contribution in [0.5, 0.6) is 0 Å². The van der Waals surface area contributed by atoms with E-state index >= 15 is 0 Å². The molecule has 2 heteroatoms. The highest BCUT2D eigenvalue weighted by Crippen LogP contribution is 2.41. The molecule has 1 atom stereocenters. The maximum Gasteiger partial charge on any atom is 0.118 e. The molecule has 0 spiro atoms. The Kier molecular flexibility index (Phi) is 2.07. The minimum absolute atomic E-state index is 0.0387. The summed E-state index contributed by atoms with van der Waals surface area (Å²) in [6.07, 6.45) is 0.915. The summed E-state index contributed by atoms with van der Waals surface area (Å²) in [6, 6.07) is 10.3. The van der Waals surface area contributed by atoms with Gasteiger partial charge >= 0.3 is 0 Å². The SMILES string of the molecule is ClCCC1(c2ccccc2)CO1. The fourth-order valence-electron chi connectivity index (χ4n) is 1.44. The van der Waals surface area contributed by atoms with Gasteiger partial charge in [-0.3, -0.25) is 0 Å². The number of hydrogen-bond acceptors (Lipinski definition) is 1. The molecule has 1 heterocycles. The highest BCUT2D eigenvalue weighted by Gasteiger charge is 2.45. The highest BCUT2D eigenvalue weighted by atomic mass is 35.5. The third-order valence-electron chi connectivity index (χ3n) is 2.29. The number of benzene rings is 1. The Morgan fingerprint density at radius 1 is 1.33 bits per heavy atom. The summed E-state index contributed by atoms with van der Waals surface area (Å²) >= 11 is 5.70. The Morgan fingerprint density at radius 2 is 2.00 bits per heavy atom. The largest absolute Gasteiger partial charge is 0.364 e.